The van der Waals surface area contributed by atoms with E-state index >= 15 is 0 Å². The summed E-state index contributed by atoms with van der Waals surface area (Å²) in [6, 6.07) is 76.4. The summed E-state index contributed by atoms with van der Waals surface area (Å²) in [6.45, 7) is 19.7. The average Bonchev–Trinajstić information content (AvgIpc) is 1.62. The van der Waals surface area contributed by atoms with Crippen molar-refractivity contribution >= 4 is 145 Å². The summed E-state index contributed by atoms with van der Waals surface area (Å²) in [5.74, 6) is 5.87. The summed E-state index contributed by atoms with van der Waals surface area (Å²) in [7, 11) is -8.90. The van der Waals surface area contributed by atoms with Crippen LogP contribution in [0.15, 0.2) is 212 Å². The van der Waals surface area contributed by atoms with Crippen molar-refractivity contribution in [2.75, 3.05) is 143 Å². The van der Waals surface area contributed by atoms with Crippen LogP contribution >= 0.6 is 23.4 Å². The zero-order valence-corrected chi connectivity index (χ0v) is 89.2. The number of nitrogens with one attached hydrogen (secondary N) is 5. The number of nitriles is 5. The predicted molar refractivity (Wildman–Crippen MR) is 584 cm³/mol. The summed E-state index contributed by atoms with van der Waals surface area (Å²) in [5, 5.41) is 52.9. The van der Waals surface area contributed by atoms with E-state index in [9.17, 15) is 68.4 Å². The molecule has 2 saturated heterocycles. The molecule has 0 amide bonds. The number of hydrogen-bond acceptors (Lipinski definition) is 24. The van der Waals surface area contributed by atoms with Gasteiger partial charge in [0, 0.05) is 171 Å². The number of halogens is 1. The summed E-state index contributed by atoms with van der Waals surface area (Å²) in [6.07, 6.45) is 2.27. The van der Waals surface area contributed by atoms with Gasteiger partial charge in [-0.25, -0.2) is 51.5 Å². The zero-order chi connectivity index (χ0) is 106. The maximum absolute atomic E-state index is 12.6. The third-order valence-electron chi connectivity index (χ3n) is 25.0. The number of benzene rings is 10. The predicted octanol–water partition coefficient (Wildman–Crippen LogP) is 17.9. The van der Waals surface area contributed by atoms with Crippen LogP contribution in [0.3, 0.4) is 0 Å². The van der Waals surface area contributed by atoms with E-state index in [1.54, 1.807) is 84.1 Å². The smallest absolute Gasteiger partial charge is 0.246 e. The van der Waals surface area contributed by atoms with Crippen molar-refractivity contribution < 1.29 is 70.5 Å². The lowest BCUT2D eigenvalue weighted by Crippen LogP contribution is -2.39. The van der Waals surface area contributed by atoms with Gasteiger partial charge in [-0.1, -0.05) is 78.9 Å². The molecule has 2 fully saturated rings. The van der Waals surface area contributed by atoms with Crippen LogP contribution in [-0.4, -0.2) is 203 Å². The number of anilines is 3. The fourth-order valence-electron chi connectivity index (χ4n) is 17.9. The Morgan fingerprint density at radius 2 is 0.612 bits per heavy atom. The first-order valence-corrected chi connectivity index (χ1v) is 57.6. The molecular weight excluding hydrogens is 2010 g/mol. The van der Waals surface area contributed by atoms with Crippen LogP contribution in [0.1, 0.15) is 73.6 Å². The number of aryl methyl sites for hydroxylation is 5. The molecule has 147 heavy (non-hydrogen) atoms. The van der Waals surface area contributed by atoms with E-state index in [0.717, 1.165) is 201 Å². The first kappa shape index (κ1) is 110. The third-order valence-corrected chi connectivity index (χ3v) is 31.5. The van der Waals surface area contributed by atoms with Crippen LogP contribution < -0.4 is 47.3 Å². The van der Waals surface area contributed by atoms with Gasteiger partial charge < -0.3 is 56.2 Å². The molecule has 5 aromatic heterocycles. The molecule has 15 aromatic rings. The Kier molecular flexibility index (Phi) is 37.0. The molecule has 0 bridgehead atoms. The largest absolute Gasteiger partial charge is 0.497 e. The first-order chi connectivity index (χ1) is 70.6. The van der Waals surface area contributed by atoms with Gasteiger partial charge >= 0.3 is 0 Å². The Balaban J connectivity index is 0.000000154. The molecule has 17 rings (SSSR count). The van der Waals surface area contributed by atoms with Crippen molar-refractivity contribution in [2.45, 2.75) is 80.4 Å². The molecular formula is C107H116ClN17O16S6. The second kappa shape index (κ2) is 49.4. The Morgan fingerprint density at radius 3 is 0.884 bits per heavy atom. The number of morpholine rings is 1. The maximum atomic E-state index is 12.6. The number of alkyl halides is 1. The van der Waals surface area contributed by atoms with E-state index in [-0.39, 0.29) is 24.6 Å². The maximum Gasteiger partial charge on any atom is 0.246 e. The van der Waals surface area contributed by atoms with Crippen LogP contribution in [0.4, 0.5) is 17.1 Å². The Labute approximate surface area is 867 Å². The van der Waals surface area contributed by atoms with Crippen molar-refractivity contribution in [3.63, 3.8) is 0 Å². The number of methoxy groups -OCH3 is 5. The third kappa shape index (κ3) is 26.7. The van der Waals surface area contributed by atoms with E-state index < -0.39 is 55.3 Å². The Bertz CT molecular complexity index is 7950. The molecule has 5 N–H and O–H groups in total. The lowest BCUT2D eigenvalue weighted by Gasteiger charge is -2.26. The summed E-state index contributed by atoms with van der Waals surface area (Å²) in [5.41, 5.74) is 19.2. The van der Waals surface area contributed by atoms with Gasteiger partial charge in [-0.05, 0) is 177 Å². The number of sulfonamides is 5. The molecule has 0 saturated carbocycles. The van der Waals surface area contributed by atoms with Crippen molar-refractivity contribution in [1.29, 1.82) is 26.3 Å². The summed E-state index contributed by atoms with van der Waals surface area (Å²) < 4.78 is 174. The van der Waals surface area contributed by atoms with Gasteiger partial charge in [-0.15, -0.1) is 11.6 Å². The van der Waals surface area contributed by atoms with Crippen LogP contribution in [0.2, 0.25) is 0 Å². The molecule has 768 valence electrons. The zero-order valence-electron chi connectivity index (χ0n) is 83.6. The topological polar surface area (TPSA) is 436 Å². The molecule has 0 radical (unpaired) electrons. The molecule has 0 unspecified atom stereocenters. The van der Waals surface area contributed by atoms with E-state index in [0.29, 0.717) is 104 Å². The highest BCUT2D eigenvalue weighted by atomic mass is 35.5. The Hall–Kier alpha value is -14.1. The van der Waals surface area contributed by atoms with Crippen molar-refractivity contribution in [3.05, 3.63) is 251 Å². The minimum Gasteiger partial charge on any atom is -0.497 e. The number of thioether (sulfide) groups is 1. The molecule has 10 aromatic carbocycles. The second-order valence-electron chi connectivity index (χ2n) is 34.2. The molecule has 33 nitrogen and oxygen atoms in total. The van der Waals surface area contributed by atoms with Gasteiger partial charge in [-0.2, -0.15) is 38.1 Å². The van der Waals surface area contributed by atoms with Crippen molar-refractivity contribution in [1.82, 2.24) is 42.1 Å². The van der Waals surface area contributed by atoms with Gasteiger partial charge in [0.2, 0.25) is 50.1 Å². The van der Waals surface area contributed by atoms with Gasteiger partial charge in [0.15, 0.2) is 0 Å². The SMILES string of the molecule is CCn1c(-c2ccc(CNS(C)(=O)=O)cc2)c(C#N)c2ccc(OC)cc21.CCn1c(-c2ccc(NS(=O)(=O)CCN3CCOCC3)cc2)c(C#N)c2ccc(OC)cc21.CCn1c(-c2ccc(NS(=O)(=O)CCN3CCSCC3)cc2)c(C#N)c2ccc(OC)cc21.CCn1c(-c2ccc(NS(=O)(=O)CCl)cc2)c(C#N)c2ccc(OC)cc21.CCn1c(-c2cccc(CNS(C)(=O)=O)c2)c(C#N)c2ccc(OC)cc21. The minimum atomic E-state index is -3.56. The van der Waals surface area contributed by atoms with E-state index in [2.05, 4.69) is 82.0 Å². The molecule has 0 aliphatic carbocycles. The first-order valence-electron chi connectivity index (χ1n) is 47.2. The number of hydrogen-bond donors (Lipinski definition) is 5. The van der Waals surface area contributed by atoms with Crippen LogP contribution in [0, 0.1) is 56.7 Å². The molecule has 0 atom stereocenters. The quantitative estimate of drug-likeness (QED) is 0.0234. The fraction of sp³-hybridized carbons (Fsp3) is 0.299. The number of nitrogens with zero attached hydrogens (tertiary/aromatic N) is 12. The minimum absolute atomic E-state index is 0.0270. The van der Waals surface area contributed by atoms with Gasteiger partial charge in [-0.3, -0.25) is 19.1 Å². The molecule has 2 aliphatic rings. The summed E-state index contributed by atoms with van der Waals surface area (Å²) in [4.78, 5) is 4.29. The fourth-order valence-corrected chi connectivity index (χ4v) is 22.7. The molecule has 40 heteroatoms. The normalized spacial score (nSPS) is 13.0. The molecule has 7 heterocycles. The number of fused-ring (bicyclic) bond motifs is 5. The van der Waals surface area contributed by atoms with Crippen molar-refractivity contribution in [2.24, 2.45) is 0 Å². The number of aromatic nitrogens is 5. The van der Waals surface area contributed by atoms with Gasteiger partial charge in [0.05, 0.1) is 157 Å². The molecule has 2 aliphatic heterocycles. The standard InChI is InChI=1S/C24H28N4O4S.C24H28N4O3S2.2C20H21N3O3S.C19H18ClN3O3S/c2*1-3-28-23-16-20(31-2)8-9-21(23)22(17-25)24(28)18-4-6-19(7-5-18)26-33(29,30)15-12-27-10-13-32-14-11-27;1-4-23-19-11-16(26-2)9-10-17(19)18(12-21)20(23)15-7-5-14(6-8-15)13-22-27(3,24)25;1-4-23-19-11-16(26-2)8-9-17(19)18(12-21)20(23)15-7-5-6-14(10-15)13-22-27(3,24)25;1-3-23-18-10-15(26-2)8-9-16(18)17(11-21)19(23)13-4-6-14(7-5-13)22-27(24,25)12-20/h2*4-9,16,26H,3,10-15H2,1-2H3;2*5-11,22H,4,13H2,1-3H3;4-10,22H,3,12H2,1-2H3. The van der Waals surface area contributed by atoms with E-state index in [4.69, 9.17) is 40.0 Å². The van der Waals surface area contributed by atoms with Crippen LogP contribution in [0.25, 0.3) is 111 Å². The van der Waals surface area contributed by atoms with Gasteiger partial charge in [0.25, 0.3) is 0 Å². The summed E-state index contributed by atoms with van der Waals surface area (Å²) >= 11 is 7.33. The van der Waals surface area contributed by atoms with Gasteiger partial charge in [0.1, 0.15) is 64.3 Å². The van der Waals surface area contributed by atoms with E-state index in [1.165, 1.54) is 0 Å². The lowest BCUT2D eigenvalue weighted by atomic mass is 10.0. The van der Waals surface area contributed by atoms with Crippen LogP contribution in [0.5, 0.6) is 28.7 Å². The monoisotopic (exact) mass is 2120 g/mol. The lowest BCUT2D eigenvalue weighted by molar-refractivity contribution is 0.0408. The second-order valence-corrected chi connectivity index (χ2v) is 45.1. The number of ether oxygens (including phenoxy) is 6. The highest BCUT2D eigenvalue weighted by Crippen LogP contribution is 2.43. The Morgan fingerprint density at radius 1 is 0.340 bits per heavy atom. The van der Waals surface area contributed by atoms with Crippen LogP contribution in [-0.2, 0) is 101 Å². The van der Waals surface area contributed by atoms with E-state index in [1.807, 2.05) is 215 Å². The molecule has 0 spiro atoms. The highest BCUT2D eigenvalue weighted by molar-refractivity contribution is 7.99. The average molecular weight is 2120 g/mol. The highest BCUT2D eigenvalue weighted by Gasteiger charge is 2.28. The number of rotatable bonds is 34. The van der Waals surface area contributed by atoms with Crippen molar-refractivity contribution in [3.8, 4) is 115 Å².